The lowest BCUT2D eigenvalue weighted by atomic mass is 10.1. The Balaban J connectivity index is 2.51. The van der Waals surface area contributed by atoms with E-state index in [9.17, 15) is 4.79 Å². The number of hydrogen-bond donors (Lipinski definition) is 3. The van der Waals surface area contributed by atoms with Gasteiger partial charge in [-0.25, -0.2) is 0 Å². The van der Waals surface area contributed by atoms with Gasteiger partial charge in [-0.3, -0.25) is 4.79 Å². The minimum Gasteiger partial charge on any atom is -0.497 e. The van der Waals surface area contributed by atoms with Crippen molar-refractivity contribution in [1.29, 1.82) is 0 Å². The van der Waals surface area contributed by atoms with Crippen LogP contribution in [0.15, 0.2) is 23.4 Å². The SMILES string of the molecule is COc1ccc(OC)c(C(=O)NCCCCC(N)=NO)c1. The maximum Gasteiger partial charge on any atom is 0.255 e. The van der Waals surface area contributed by atoms with Gasteiger partial charge < -0.3 is 25.7 Å². The molecule has 116 valence electrons. The van der Waals surface area contributed by atoms with Crippen molar-refractivity contribution in [2.24, 2.45) is 10.9 Å². The first-order chi connectivity index (χ1) is 10.1. The fourth-order valence-electron chi connectivity index (χ4n) is 1.77. The van der Waals surface area contributed by atoms with E-state index in [1.807, 2.05) is 0 Å². The summed E-state index contributed by atoms with van der Waals surface area (Å²) in [6, 6.07) is 5.04. The highest BCUT2D eigenvalue weighted by Gasteiger charge is 2.13. The summed E-state index contributed by atoms with van der Waals surface area (Å²) in [5.41, 5.74) is 5.78. The fourth-order valence-corrected chi connectivity index (χ4v) is 1.77. The molecule has 4 N–H and O–H groups in total. The smallest absolute Gasteiger partial charge is 0.255 e. The van der Waals surface area contributed by atoms with Gasteiger partial charge in [0.1, 0.15) is 17.3 Å². The molecule has 7 heteroatoms. The molecule has 1 rings (SSSR count). The van der Waals surface area contributed by atoms with Crippen molar-refractivity contribution in [3.63, 3.8) is 0 Å². The Labute approximate surface area is 123 Å². The average Bonchev–Trinajstić information content (AvgIpc) is 2.53. The maximum absolute atomic E-state index is 12.1. The number of nitrogens with one attached hydrogen (secondary N) is 1. The van der Waals surface area contributed by atoms with Crippen molar-refractivity contribution in [2.75, 3.05) is 20.8 Å². The highest BCUT2D eigenvalue weighted by molar-refractivity contribution is 5.97. The van der Waals surface area contributed by atoms with Crippen LogP contribution >= 0.6 is 0 Å². The molecule has 0 aliphatic carbocycles. The Hall–Kier alpha value is -2.44. The zero-order valence-corrected chi connectivity index (χ0v) is 12.3. The van der Waals surface area contributed by atoms with Crippen LogP contribution in [0.5, 0.6) is 11.5 Å². The van der Waals surface area contributed by atoms with Gasteiger partial charge in [-0.15, -0.1) is 0 Å². The molecule has 0 aromatic heterocycles. The minimum absolute atomic E-state index is 0.191. The Morgan fingerprint density at radius 2 is 2.10 bits per heavy atom. The molecule has 1 aromatic rings. The van der Waals surface area contributed by atoms with E-state index in [2.05, 4.69) is 10.5 Å². The van der Waals surface area contributed by atoms with Gasteiger partial charge in [0.15, 0.2) is 0 Å². The van der Waals surface area contributed by atoms with Crippen LogP contribution in [0.1, 0.15) is 29.6 Å². The summed E-state index contributed by atoms with van der Waals surface area (Å²) in [7, 11) is 3.05. The van der Waals surface area contributed by atoms with Crippen molar-refractivity contribution >= 4 is 11.7 Å². The van der Waals surface area contributed by atoms with E-state index < -0.39 is 0 Å². The molecule has 0 aliphatic rings. The van der Waals surface area contributed by atoms with Crippen molar-refractivity contribution in [3.05, 3.63) is 23.8 Å². The fraction of sp³-hybridized carbons (Fsp3) is 0.429. The van der Waals surface area contributed by atoms with Gasteiger partial charge in [-0.1, -0.05) is 5.16 Å². The molecule has 0 atom stereocenters. The highest BCUT2D eigenvalue weighted by atomic mass is 16.5. The lowest BCUT2D eigenvalue weighted by Gasteiger charge is -2.10. The van der Waals surface area contributed by atoms with Gasteiger partial charge >= 0.3 is 0 Å². The molecule has 0 aliphatic heterocycles. The number of amides is 1. The molecular formula is C14H21N3O4. The molecule has 0 saturated heterocycles. The first-order valence-electron chi connectivity index (χ1n) is 6.59. The second-order valence-electron chi connectivity index (χ2n) is 4.37. The van der Waals surface area contributed by atoms with E-state index in [-0.39, 0.29) is 11.7 Å². The topological polar surface area (TPSA) is 106 Å². The van der Waals surface area contributed by atoms with Crippen molar-refractivity contribution in [2.45, 2.75) is 19.3 Å². The summed E-state index contributed by atoms with van der Waals surface area (Å²) in [6.45, 7) is 0.498. The number of nitrogens with two attached hydrogens (primary N) is 1. The van der Waals surface area contributed by atoms with Gasteiger partial charge in [-0.2, -0.15) is 0 Å². The van der Waals surface area contributed by atoms with Crippen molar-refractivity contribution in [3.8, 4) is 11.5 Å². The largest absolute Gasteiger partial charge is 0.497 e. The third-order valence-electron chi connectivity index (χ3n) is 2.92. The van der Waals surface area contributed by atoms with E-state index in [0.717, 1.165) is 12.8 Å². The average molecular weight is 295 g/mol. The predicted molar refractivity (Wildman–Crippen MR) is 79.1 cm³/mol. The maximum atomic E-state index is 12.1. The van der Waals surface area contributed by atoms with E-state index in [1.54, 1.807) is 18.2 Å². The molecule has 0 unspecified atom stereocenters. The van der Waals surface area contributed by atoms with E-state index >= 15 is 0 Å². The quantitative estimate of drug-likeness (QED) is 0.221. The number of carbonyl (C=O) groups is 1. The number of nitrogens with zero attached hydrogens (tertiary/aromatic N) is 1. The summed E-state index contributed by atoms with van der Waals surface area (Å²) in [4.78, 5) is 12.1. The van der Waals surface area contributed by atoms with E-state index in [4.69, 9.17) is 20.4 Å². The van der Waals surface area contributed by atoms with Gasteiger partial charge in [0.05, 0.1) is 19.8 Å². The third-order valence-corrected chi connectivity index (χ3v) is 2.92. The molecular weight excluding hydrogens is 274 g/mol. The Kier molecular flexibility index (Phi) is 6.86. The molecule has 0 saturated carbocycles. The number of carbonyl (C=O) groups excluding carboxylic acids is 1. The summed E-state index contributed by atoms with van der Waals surface area (Å²) < 4.78 is 10.3. The summed E-state index contributed by atoms with van der Waals surface area (Å²) in [5.74, 6) is 1.04. The Morgan fingerprint density at radius 3 is 2.71 bits per heavy atom. The first kappa shape index (κ1) is 16.6. The monoisotopic (exact) mass is 295 g/mol. The number of methoxy groups -OCH3 is 2. The van der Waals surface area contributed by atoms with E-state index in [1.165, 1.54) is 14.2 Å². The summed E-state index contributed by atoms with van der Waals surface area (Å²) in [6.07, 6.45) is 1.95. The van der Waals surface area contributed by atoms with Gasteiger partial charge in [-0.05, 0) is 31.0 Å². The van der Waals surface area contributed by atoms with Crippen LogP contribution in [0.3, 0.4) is 0 Å². The number of amidine groups is 1. The zero-order valence-electron chi connectivity index (χ0n) is 12.3. The first-order valence-corrected chi connectivity index (χ1v) is 6.59. The zero-order chi connectivity index (χ0) is 15.7. The normalized spacial score (nSPS) is 11.0. The molecule has 0 spiro atoms. The summed E-state index contributed by atoms with van der Waals surface area (Å²) in [5, 5.41) is 14.1. The molecule has 0 bridgehead atoms. The number of benzene rings is 1. The highest BCUT2D eigenvalue weighted by Crippen LogP contribution is 2.23. The number of ether oxygens (including phenoxy) is 2. The molecule has 1 aromatic carbocycles. The predicted octanol–water partition coefficient (Wildman–Crippen LogP) is 1.35. The third kappa shape index (κ3) is 5.21. The minimum atomic E-state index is -0.227. The molecule has 7 nitrogen and oxygen atoms in total. The van der Waals surface area contributed by atoms with Gasteiger partial charge in [0.2, 0.25) is 0 Å². The molecule has 0 fully saturated rings. The number of rotatable bonds is 8. The van der Waals surface area contributed by atoms with Gasteiger partial charge in [0, 0.05) is 13.0 Å². The van der Waals surface area contributed by atoms with Crippen LogP contribution in [0, 0.1) is 0 Å². The van der Waals surface area contributed by atoms with Crippen molar-refractivity contribution < 1.29 is 19.5 Å². The molecule has 1 amide bonds. The number of hydrogen-bond acceptors (Lipinski definition) is 5. The number of unbranched alkanes of at least 4 members (excludes halogenated alkanes) is 1. The Morgan fingerprint density at radius 1 is 1.33 bits per heavy atom. The summed E-state index contributed by atoms with van der Waals surface area (Å²) >= 11 is 0. The number of oxime groups is 1. The molecule has 0 radical (unpaired) electrons. The lowest BCUT2D eigenvalue weighted by Crippen LogP contribution is -2.25. The van der Waals surface area contributed by atoms with Crippen LogP contribution in [0.2, 0.25) is 0 Å². The van der Waals surface area contributed by atoms with Crippen LogP contribution in [0.4, 0.5) is 0 Å². The van der Waals surface area contributed by atoms with Gasteiger partial charge in [0.25, 0.3) is 5.91 Å². The lowest BCUT2D eigenvalue weighted by molar-refractivity contribution is 0.0949. The molecule has 0 heterocycles. The Bertz CT molecular complexity index is 503. The van der Waals surface area contributed by atoms with Crippen LogP contribution < -0.4 is 20.5 Å². The molecule has 21 heavy (non-hydrogen) atoms. The van der Waals surface area contributed by atoms with Crippen molar-refractivity contribution in [1.82, 2.24) is 5.32 Å². The van der Waals surface area contributed by atoms with E-state index in [0.29, 0.717) is 30.0 Å². The van der Waals surface area contributed by atoms with Crippen LogP contribution in [-0.2, 0) is 0 Å². The van der Waals surface area contributed by atoms with Crippen LogP contribution in [0.25, 0.3) is 0 Å². The second kappa shape index (κ2) is 8.68. The standard InChI is InChI=1S/C14H21N3O4/c1-20-10-6-7-12(21-2)11(9-10)14(18)16-8-4-3-5-13(15)17-19/h6-7,9,19H,3-5,8H2,1-2H3,(H2,15,17)(H,16,18). The second-order valence-corrected chi connectivity index (χ2v) is 4.37. The van der Waals surface area contributed by atoms with Crippen LogP contribution in [-0.4, -0.2) is 37.7 Å².